The van der Waals surface area contributed by atoms with Crippen molar-refractivity contribution < 1.29 is 9.53 Å². The van der Waals surface area contributed by atoms with Crippen molar-refractivity contribution in [1.29, 1.82) is 0 Å². The Hall–Kier alpha value is -2.34. The van der Waals surface area contributed by atoms with Gasteiger partial charge in [-0.2, -0.15) is 5.10 Å². The Labute approximate surface area is 160 Å². The first-order valence-electron chi connectivity index (χ1n) is 9.94. The largest absolute Gasteiger partial charge is 0.375 e. The van der Waals surface area contributed by atoms with Crippen molar-refractivity contribution in [3.8, 4) is 0 Å². The molecule has 1 spiro atoms. The molecule has 1 aromatic carbocycles. The maximum absolute atomic E-state index is 12.4. The molecule has 144 valence electrons. The zero-order chi connectivity index (χ0) is 18.5. The Morgan fingerprint density at radius 3 is 2.93 bits per heavy atom. The van der Waals surface area contributed by atoms with E-state index in [-0.39, 0.29) is 17.7 Å². The second-order valence-electron chi connectivity index (χ2n) is 7.78. The van der Waals surface area contributed by atoms with Crippen molar-refractivity contribution in [3.63, 3.8) is 0 Å². The van der Waals surface area contributed by atoms with Gasteiger partial charge < -0.3 is 15.4 Å². The zero-order valence-corrected chi connectivity index (χ0v) is 15.7. The van der Waals surface area contributed by atoms with Gasteiger partial charge in [0.2, 0.25) is 0 Å². The average molecular weight is 368 g/mol. The van der Waals surface area contributed by atoms with Gasteiger partial charge >= 0.3 is 6.03 Å². The average Bonchev–Trinajstić information content (AvgIpc) is 3.33. The van der Waals surface area contributed by atoms with E-state index in [4.69, 9.17) is 4.74 Å². The van der Waals surface area contributed by atoms with Crippen LogP contribution in [0.1, 0.15) is 49.7 Å². The summed E-state index contributed by atoms with van der Waals surface area (Å²) in [5.41, 5.74) is 2.29. The molecule has 1 aromatic heterocycles. The molecule has 6 nitrogen and oxygen atoms in total. The predicted octanol–water partition coefficient (Wildman–Crippen LogP) is 3.22. The molecule has 2 heterocycles. The van der Waals surface area contributed by atoms with Gasteiger partial charge in [-0.15, -0.1) is 0 Å². The molecule has 6 heteroatoms. The van der Waals surface area contributed by atoms with Gasteiger partial charge in [0.1, 0.15) is 0 Å². The molecule has 0 bridgehead atoms. The fourth-order valence-corrected chi connectivity index (χ4v) is 4.36. The van der Waals surface area contributed by atoms with Crippen LogP contribution in [0.3, 0.4) is 0 Å². The number of carbonyl (C=O) groups excluding carboxylic acids is 1. The molecule has 1 aliphatic heterocycles. The summed E-state index contributed by atoms with van der Waals surface area (Å²) >= 11 is 0. The van der Waals surface area contributed by atoms with Crippen LogP contribution in [0.15, 0.2) is 42.7 Å². The molecule has 1 saturated carbocycles. The third kappa shape index (κ3) is 4.69. The number of hydrogen-bond donors (Lipinski definition) is 2. The third-order valence-electron chi connectivity index (χ3n) is 5.69. The summed E-state index contributed by atoms with van der Waals surface area (Å²) in [4.78, 5) is 12.4. The highest BCUT2D eigenvalue weighted by atomic mass is 16.5. The van der Waals surface area contributed by atoms with E-state index in [1.807, 2.05) is 29.1 Å². The van der Waals surface area contributed by atoms with Crippen LogP contribution in [0, 0.1) is 0 Å². The lowest BCUT2D eigenvalue weighted by molar-refractivity contribution is -0.0820. The third-order valence-corrected chi connectivity index (χ3v) is 5.69. The van der Waals surface area contributed by atoms with Crippen LogP contribution in [0.4, 0.5) is 4.79 Å². The minimum atomic E-state index is -0.0903. The Bertz CT molecular complexity index is 753. The van der Waals surface area contributed by atoms with Gasteiger partial charge in [0, 0.05) is 31.6 Å². The van der Waals surface area contributed by atoms with Crippen LogP contribution < -0.4 is 10.6 Å². The van der Waals surface area contributed by atoms with E-state index in [9.17, 15) is 4.79 Å². The van der Waals surface area contributed by atoms with Gasteiger partial charge in [-0.05, 0) is 42.9 Å². The zero-order valence-electron chi connectivity index (χ0n) is 15.7. The number of benzene rings is 1. The fraction of sp³-hybridized carbons (Fsp3) is 0.524. The molecule has 27 heavy (non-hydrogen) atoms. The number of urea groups is 1. The van der Waals surface area contributed by atoms with E-state index in [2.05, 4.69) is 27.9 Å². The molecule has 2 aromatic rings. The minimum absolute atomic E-state index is 0.0248. The highest BCUT2D eigenvalue weighted by Gasteiger charge is 2.40. The predicted molar refractivity (Wildman–Crippen MR) is 103 cm³/mol. The van der Waals surface area contributed by atoms with Crippen LogP contribution in [-0.2, 0) is 17.8 Å². The van der Waals surface area contributed by atoms with Crippen LogP contribution in [-0.4, -0.2) is 34.1 Å². The fourth-order valence-electron chi connectivity index (χ4n) is 4.36. The van der Waals surface area contributed by atoms with E-state index in [1.54, 1.807) is 6.20 Å². The Morgan fingerprint density at radius 2 is 2.11 bits per heavy atom. The molecule has 1 atom stereocenters. The summed E-state index contributed by atoms with van der Waals surface area (Å²) in [7, 11) is 0. The molecule has 2 amide bonds. The summed E-state index contributed by atoms with van der Waals surface area (Å²) < 4.78 is 7.94. The van der Waals surface area contributed by atoms with E-state index in [0.717, 1.165) is 44.4 Å². The Morgan fingerprint density at radius 1 is 1.26 bits per heavy atom. The lowest BCUT2D eigenvalue weighted by Gasteiger charge is -2.38. The highest BCUT2D eigenvalue weighted by Crippen LogP contribution is 2.39. The van der Waals surface area contributed by atoms with Crippen LogP contribution >= 0.6 is 0 Å². The van der Waals surface area contributed by atoms with Crippen LogP contribution in [0.25, 0.3) is 0 Å². The van der Waals surface area contributed by atoms with Gasteiger partial charge in [0.05, 0.1) is 12.1 Å². The minimum Gasteiger partial charge on any atom is -0.375 e. The van der Waals surface area contributed by atoms with Crippen molar-refractivity contribution in [2.24, 2.45) is 0 Å². The van der Waals surface area contributed by atoms with Crippen molar-refractivity contribution in [2.45, 2.75) is 63.3 Å². The summed E-state index contributed by atoms with van der Waals surface area (Å²) in [5.74, 6) is 0. The van der Waals surface area contributed by atoms with Crippen LogP contribution in [0.2, 0.25) is 0 Å². The summed E-state index contributed by atoms with van der Waals surface area (Å²) in [5, 5.41) is 10.4. The van der Waals surface area contributed by atoms with Crippen molar-refractivity contribution in [3.05, 3.63) is 53.9 Å². The molecule has 4 rings (SSSR count). The lowest BCUT2D eigenvalue weighted by atomic mass is 9.89. The Balaban J connectivity index is 1.26. The first-order chi connectivity index (χ1) is 13.2. The molecule has 1 aliphatic carbocycles. The molecular weight excluding hydrogens is 340 g/mol. The SMILES string of the molecule is O=C(NCc1cccc(Cn2cccn2)c1)NC1CCOC2(CCCC2)C1. The first kappa shape index (κ1) is 18.0. The molecule has 2 fully saturated rings. The molecular formula is C21H28N4O2. The number of rotatable bonds is 5. The summed E-state index contributed by atoms with van der Waals surface area (Å²) in [6, 6.07) is 10.3. The van der Waals surface area contributed by atoms with Crippen molar-refractivity contribution in [1.82, 2.24) is 20.4 Å². The number of aromatic nitrogens is 2. The van der Waals surface area contributed by atoms with Gasteiger partial charge in [0.25, 0.3) is 0 Å². The second kappa shape index (κ2) is 8.13. The van der Waals surface area contributed by atoms with Crippen molar-refractivity contribution >= 4 is 6.03 Å². The highest BCUT2D eigenvalue weighted by molar-refractivity contribution is 5.74. The van der Waals surface area contributed by atoms with Crippen molar-refractivity contribution in [2.75, 3.05) is 6.61 Å². The molecule has 0 radical (unpaired) electrons. The van der Waals surface area contributed by atoms with E-state index in [1.165, 1.54) is 18.4 Å². The number of hydrogen-bond acceptors (Lipinski definition) is 3. The Kier molecular flexibility index (Phi) is 5.43. The first-order valence-corrected chi connectivity index (χ1v) is 9.94. The summed E-state index contributed by atoms with van der Waals surface area (Å²) in [6.45, 7) is 2.00. The number of nitrogens with zero attached hydrogens (tertiary/aromatic N) is 2. The van der Waals surface area contributed by atoms with Gasteiger partial charge in [-0.3, -0.25) is 4.68 Å². The van der Waals surface area contributed by atoms with E-state index in [0.29, 0.717) is 6.54 Å². The number of ether oxygens (including phenoxy) is 1. The van der Waals surface area contributed by atoms with Crippen LogP contribution in [0.5, 0.6) is 0 Å². The molecule has 2 aliphatic rings. The van der Waals surface area contributed by atoms with Gasteiger partial charge in [0.15, 0.2) is 0 Å². The molecule has 1 saturated heterocycles. The monoisotopic (exact) mass is 368 g/mol. The maximum atomic E-state index is 12.4. The van der Waals surface area contributed by atoms with Gasteiger partial charge in [-0.25, -0.2) is 4.79 Å². The van der Waals surface area contributed by atoms with E-state index < -0.39 is 0 Å². The smallest absolute Gasteiger partial charge is 0.315 e. The standard InChI is InChI=1S/C21H28N4O2/c26-20(24-19-7-12-27-21(14-19)8-1-2-9-21)22-15-17-5-3-6-18(13-17)16-25-11-4-10-23-25/h3-6,10-11,13,19H,1-2,7-9,12,14-16H2,(H2,22,24,26). The molecule has 2 N–H and O–H groups in total. The second-order valence-corrected chi connectivity index (χ2v) is 7.78. The van der Waals surface area contributed by atoms with E-state index >= 15 is 0 Å². The quantitative estimate of drug-likeness (QED) is 0.851. The molecule has 1 unspecified atom stereocenters. The maximum Gasteiger partial charge on any atom is 0.315 e. The number of amides is 2. The number of nitrogens with one attached hydrogen (secondary N) is 2. The topological polar surface area (TPSA) is 68.2 Å². The lowest BCUT2D eigenvalue weighted by Crippen LogP contribution is -2.49. The normalized spacial score (nSPS) is 21.3. The van der Waals surface area contributed by atoms with Gasteiger partial charge in [-0.1, -0.05) is 37.1 Å². The number of carbonyl (C=O) groups is 1. The summed E-state index contributed by atoms with van der Waals surface area (Å²) in [6.07, 6.45) is 10.3.